The molecular formula is C10H11NO4. The lowest BCUT2D eigenvalue weighted by Gasteiger charge is -2.05. The number of methoxy groups -OCH3 is 1. The molecule has 80 valence electrons. The molecule has 0 unspecified atom stereocenters. The van der Waals surface area contributed by atoms with Gasteiger partial charge in [0.2, 0.25) is 5.69 Å². The lowest BCUT2D eigenvalue weighted by molar-refractivity contribution is -0.615. The molecule has 1 aromatic heterocycles. The Morgan fingerprint density at radius 2 is 2.47 bits per heavy atom. The highest BCUT2D eigenvalue weighted by molar-refractivity contribution is 5.88. The first-order valence-corrected chi connectivity index (χ1v) is 4.59. The van der Waals surface area contributed by atoms with Crippen molar-refractivity contribution in [2.24, 2.45) is 0 Å². The minimum absolute atomic E-state index is 0.148. The maximum Gasteiger partial charge on any atom is 0.344 e. The highest BCUT2D eigenvalue weighted by atomic mass is 16.5. The van der Waals surface area contributed by atoms with E-state index in [2.05, 4.69) is 4.74 Å². The van der Waals surface area contributed by atoms with Gasteiger partial charge < -0.3 is 14.7 Å². The van der Waals surface area contributed by atoms with Crippen molar-refractivity contribution in [2.45, 2.75) is 19.6 Å². The molecule has 2 rings (SSSR count). The third-order valence-corrected chi connectivity index (χ3v) is 2.50. The van der Waals surface area contributed by atoms with Crippen LogP contribution in [0.1, 0.15) is 34.6 Å². The summed E-state index contributed by atoms with van der Waals surface area (Å²) in [6.45, 7) is 2.13. The van der Waals surface area contributed by atoms with E-state index in [0.29, 0.717) is 17.0 Å². The van der Waals surface area contributed by atoms with Crippen molar-refractivity contribution < 1.29 is 19.0 Å². The number of carbonyl (C=O) groups excluding carboxylic acids is 1. The zero-order valence-electron chi connectivity index (χ0n) is 8.52. The number of esters is 1. The van der Waals surface area contributed by atoms with Crippen molar-refractivity contribution in [1.29, 1.82) is 0 Å². The van der Waals surface area contributed by atoms with Gasteiger partial charge in [-0.2, -0.15) is 4.73 Å². The lowest BCUT2D eigenvalue weighted by atomic mass is 10.1. The van der Waals surface area contributed by atoms with Crippen molar-refractivity contribution >= 4 is 5.97 Å². The minimum atomic E-state index is -0.512. The summed E-state index contributed by atoms with van der Waals surface area (Å²) in [6.07, 6.45) is 1.07. The number of rotatable bonds is 1. The van der Waals surface area contributed by atoms with Gasteiger partial charge in [-0.15, -0.1) is 0 Å². The van der Waals surface area contributed by atoms with E-state index in [-0.39, 0.29) is 11.7 Å². The molecule has 2 heterocycles. The molecule has 0 N–H and O–H groups in total. The van der Waals surface area contributed by atoms with Crippen molar-refractivity contribution in [2.75, 3.05) is 7.11 Å². The number of aromatic nitrogens is 1. The molecule has 0 amide bonds. The fourth-order valence-electron chi connectivity index (χ4n) is 1.64. The topological polar surface area (TPSA) is 62.5 Å². The molecule has 5 nitrogen and oxygen atoms in total. The minimum Gasteiger partial charge on any atom is -0.618 e. The molecule has 0 radical (unpaired) electrons. The van der Waals surface area contributed by atoms with Crippen molar-refractivity contribution in [3.05, 3.63) is 34.3 Å². The van der Waals surface area contributed by atoms with Gasteiger partial charge in [0.15, 0.2) is 6.20 Å². The van der Waals surface area contributed by atoms with Crippen LogP contribution in [0.4, 0.5) is 0 Å². The number of fused-ring (bicyclic) bond motifs is 1. The van der Waals surface area contributed by atoms with Gasteiger partial charge in [-0.3, -0.25) is 0 Å². The smallest absolute Gasteiger partial charge is 0.344 e. The third-order valence-electron chi connectivity index (χ3n) is 2.50. The standard InChI is InChI=1S/C10H11NO4/c1-6-8-3-7(10(12)14-2)4-11(13)9(8)5-15-6/h3-4,6H,5H2,1-2H3/t6-/m1/s1. The molecular weight excluding hydrogens is 198 g/mol. The molecule has 5 heteroatoms. The van der Waals surface area contributed by atoms with Crippen molar-refractivity contribution in [3.8, 4) is 0 Å². The highest BCUT2D eigenvalue weighted by Gasteiger charge is 2.28. The quantitative estimate of drug-likeness (QED) is 0.388. The summed E-state index contributed by atoms with van der Waals surface area (Å²) in [7, 11) is 1.28. The van der Waals surface area contributed by atoms with Gasteiger partial charge in [0.25, 0.3) is 0 Å². The van der Waals surface area contributed by atoms with Crippen LogP contribution >= 0.6 is 0 Å². The molecule has 15 heavy (non-hydrogen) atoms. The predicted octanol–water partition coefficient (Wildman–Crippen LogP) is 0.698. The van der Waals surface area contributed by atoms with Gasteiger partial charge >= 0.3 is 5.97 Å². The largest absolute Gasteiger partial charge is 0.618 e. The number of hydrogen-bond donors (Lipinski definition) is 0. The normalized spacial score (nSPS) is 18.7. The Morgan fingerprint density at radius 3 is 3.13 bits per heavy atom. The van der Waals surface area contributed by atoms with Crippen LogP contribution in [0.2, 0.25) is 0 Å². The van der Waals surface area contributed by atoms with E-state index < -0.39 is 5.97 Å². The second kappa shape index (κ2) is 3.51. The summed E-state index contributed by atoms with van der Waals surface area (Å²) in [6, 6.07) is 1.65. The maximum absolute atomic E-state index is 11.5. The Kier molecular flexibility index (Phi) is 2.32. The van der Waals surface area contributed by atoms with Crippen LogP contribution in [-0.2, 0) is 16.1 Å². The molecule has 0 aliphatic carbocycles. The average Bonchev–Trinajstić information content (AvgIpc) is 2.60. The van der Waals surface area contributed by atoms with Crippen LogP contribution < -0.4 is 4.73 Å². The molecule has 0 aromatic carbocycles. The molecule has 0 saturated carbocycles. The summed E-state index contributed by atoms with van der Waals surface area (Å²) >= 11 is 0. The van der Waals surface area contributed by atoms with Gasteiger partial charge in [-0.25, -0.2) is 4.79 Å². The highest BCUT2D eigenvalue weighted by Crippen LogP contribution is 2.28. The average molecular weight is 209 g/mol. The second-order valence-corrected chi connectivity index (χ2v) is 3.40. The van der Waals surface area contributed by atoms with Crippen LogP contribution in [-0.4, -0.2) is 13.1 Å². The van der Waals surface area contributed by atoms with E-state index in [9.17, 15) is 10.0 Å². The lowest BCUT2D eigenvalue weighted by Crippen LogP contribution is -2.33. The number of ether oxygens (including phenoxy) is 2. The number of pyridine rings is 1. The molecule has 1 aliphatic heterocycles. The fourth-order valence-corrected chi connectivity index (χ4v) is 1.64. The molecule has 1 aliphatic rings. The van der Waals surface area contributed by atoms with Crippen molar-refractivity contribution in [1.82, 2.24) is 0 Å². The van der Waals surface area contributed by atoms with E-state index in [1.54, 1.807) is 6.07 Å². The molecule has 0 bridgehead atoms. The summed E-state index contributed by atoms with van der Waals surface area (Å²) < 4.78 is 10.5. The van der Waals surface area contributed by atoms with Crippen LogP contribution in [0.25, 0.3) is 0 Å². The van der Waals surface area contributed by atoms with E-state index >= 15 is 0 Å². The van der Waals surface area contributed by atoms with E-state index in [0.717, 1.165) is 5.56 Å². The number of carbonyl (C=O) groups is 1. The molecule has 0 saturated heterocycles. The Hall–Kier alpha value is -1.62. The summed E-state index contributed by atoms with van der Waals surface area (Å²) in [5, 5.41) is 11.5. The summed E-state index contributed by atoms with van der Waals surface area (Å²) in [5.41, 5.74) is 1.58. The Morgan fingerprint density at radius 1 is 1.73 bits per heavy atom. The Balaban J connectivity index is 2.50. The van der Waals surface area contributed by atoms with Crippen LogP contribution in [0.5, 0.6) is 0 Å². The van der Waals surface area contributed by atoms with Gasteiger partial charge in [0.1, 0.15) is 12.2 Å². The second-order valence-electron chi connectivity index (χ2n) is 3.40. The van der Waals surface area contributed by atoms with Crippen LogP contribution in [0.15, 0.2) is 12.3 Å². The zero-order chi connectivity index (χ0) is 11.0. The predicted molar refractivity (Wildman–Crippen MR) is 49.9 cm³/mol. The van der Waals surface area contributed by atoms with Gasteiger partial charge in [-0.1, -0.05) is 0 Å². The summed E-state index contributed by atoms with van der Waals surface area (Å²) in [5.74, 6) is -0.512. The maximum atomic E-state index is 11.5. The van der Waals surface area contributed by atoms with E-state index in [1.807, 2.05) is 6.92 Å². The Labute approximate surface area is 86.8 Å². The molecule has 0 spiro atoms. The first-order valence-electron chi connectivity index (χ1n) is 4.59. The first-order chi connectivity index (χ1) is 7.13. The molecule has 1 atom stereocenters. The summed E-state index contributed by atoms with van der Waals surface area (Å²) in [4.78, 5) is 11.3. The van der Waals surface area contributed by atoms with Crippen LogP contribution in [0.3, 0.4) is 0 Å². The van der Waals surface area contributed by atoms with Gasteiger partial charge in [-0.05, 0) is 13.0 Å². The van der Waals surface area contributed by atoms with Gasteiger partial charge in [0.05, 0.1) is 18.8 Å². The monoisotopic (exact) mass is 209 g/mol. The number of hydrogen-bond acceptors (Lipinski definition) is 4. The van der Waals surface area contributed by atoms with Crippen molar-refractivity contribution in [3.63, 3.8) is 0 Å². The Bertz CT molecular complexity index is 416. The third kappa shape index (κ3) is 1.55. The zero-order valence-corrected chi connectivity index (χ0v) is 8.52. The molecule has 0 fully saturated rings. The van der Waals surface area contributed by atoms with Gasteiger partial charge in [0, 0.05) is 0 Å². The van der Waals surface area contributed by atoms with E-state index in [4.69, 9.17) is 4.74 Å². The van der Waals surface area contributed by atoms with E-state index in [1.165, 1.54) is 13.3 Å². The fraction of sp³-hybridized carbons (Fsp3) is 0.400. The SMILES string of the molecule is COC(=O)c1cc2c([n+]([O-])c1)CO[C@@H]2C. The molecule has 1 aromatic rings. The first kappa shape index (κ1) is 9.92. The number of nitrogens with zero attached hydrogens (tertiary/aromatic N) is 1. The van der Waals surface area contributed by atoms with Crippen LogP contribution in [0, 0.1) is 5.21 Å².